The van der Waals surface area contributed by atoms with Crippen molar-refractivity contribution in [2.75, 3.05) is 46.1 Å². The average Bonchev–Trinajstić information content (AvgIpc) is 2.42. The van der Waals surface area contributed by atoms with Crippen LogP contribution in [0.2, 0.25) is 5.02 Å². The second-order valence-corrected chi connectivity index (χ2v) is 6.08. The highest BCUT2D eigenvalue weighted by molar-refractivity contribution is 6.32. The van der Waals surface area contributed by atoms with E-state index in [1.54, 1.807) is 6.20 Å². The van der Waals surface area contributed by atoms with Crippen molar-refractivity contribution in [3.8, 4) is 0 Å². The van der Waals surface area contributed by atoms with Gasteiger partial charge >= 0.3 is 0 Å². The van der Waals surface area contributed by atoms with Crippen LogP contribution >= 0.6 is 11.6 Å². The van der Waals surface area contributed by atoms with E-state index in [-0.39, 0.29) is 10.6 Å². The summed E-state index contributed by atoms with van der Waals surface area (Å²) in [5.74, 6) is 0. The first-order valence-corrected chi connectivity index (χ1v) is 7.55. The Kier molecular flexibility index (Phi) is 7.14. The largest absolute Gasteiger partial charge is 0.381 e. The van der Waals surface area contributed by atoms with Crippen LogP contribution in [-0.2, 0) is 6.54 Å². The normalized spacial score (nSPS) is 11.7. The number of rotatable bonds is 8. The molecule has 7 heteroatoms. The van der Waals surface area contributed by atoms with E-state index in [9.17, 15) is 4.79 Å². The van der Waals surface area contributed by atoms with Crippen molar-refractivity contribution < 1.29 is 0 Å². The zero-order chi connectivity index (χ0) is 16.0. The number of nitrogens with one attached hydrogen (secondary N) is 1. The van der Waals surface area contributed by atoms with E-state index < -0.39 is 0 Å². The highest BCUT2D eigenvalue weighted by Crippen LogP contribution is 2.14. The molecule has 0 unspecified atom stereocenters. The van der Waals surface area contributed by atoms with E-state index in [1.807, 2.05) is 19.0 Å². The Balaban J connectivity index is 2.65. The van der Waals surface area contributed by atoms with Crippen LogP contribution in [0.5, 0.6) is 0 Å². The van der Waals surface area contributed by atoms with Crippen LogP contribution in [0.25, 0.3) is 0 Å². The van der Waals surface area contributed by atoms with Gasteiger partial charge in [0.15, 0.2) is 0 Å². The Bertz CT molecular complexity index is 501. The predicted molar refractivity (Wildman–Crippen MR) is 88.3 cm³/mol. The van der Waals surface area contributed by atoms with E-state index in [1.165, 1.54) is 4.68 Å². The van der Waals surface area contributed by atoms with Gasteiger partial charge in [-0.1, -0.05) is 11.6 Å². The van der Waals surface area contributed by atoms with Gasteiger partial charge in [-0.3, -0.25) is 4.79 Å². The minimum atomic E-state index is -0.249. The predicted octanol–water partition coefficient (Wildman–Crippen LogP) is 1.21. The first kappa shape index (κ1) is 17.9. The molecular weight excluding hydrogens is 290 g/mol. The van der Waals surface area contributed by atoms with E-state index in [0.717, 1.165) is 19.6 Å². The lowest BCUT2D eigenvalue weighted by molar-refractivity contribution is 0.284. The summed E-state index contributed by atoms with van der Waals surface area (Å²) >= 11 is 6.13. The van der Waals surface area contributed by atoms with Crippen molar-refractivity contribution in [1.82, 2.24) is 19.6 Å². The summed E-state index contributed by atoms with van der Waals surface area (Å²) in [5, 5.41) is 7.54. The molecule has 0 saturated heterocycles. The Morgan fingerprint density at radius 1 is 1.33 bits per heavy atom. The third-order valence-electron chi connectivity index (χ3n) is 3.41. The molecule has 0 amide bonds. The maximum Gasteiger partial charge on any atom is 0.287 e. The van der Waals surface area contributed by atoms with Crippen LogP contribution in [0.1, 0.15) is 13.8 Å². The summed E-state index contributed by atoms with van der Waals surface area (Å²) in [6, 6.07) is 0.486. The van der Waals surface area contributed by atoms with Gasteiger partial charge < -0.3 is 15.1 Å². The Hall–Kier alpha value is -1.11. The summed E-state index contributed by atoms with van der Waals surface area (Å²) in [4.78, 5) is 16.3. The average molecular weight is 316 g/mol. The van der Waals surface area contributed by atoms with Crippen molar-refractivity contribution >= 4 is 17.3 Å². The third-order valence-corrected chi connectivity index (χ3v) is 3.77. The van der Waals surface area contributed by atoms with Crippen molar-refractivity contribution in [1.29, 1.82) is 0 Å². The van der Waals surface area contributed by atoms with Crippen molar-refractivity contribution in [3.05, 3.63) is 21.6 Å². The van der Waals surface area contributed by atoms with Gasteiger partial charge in [-0.2, -0.15) is 5.10 Å². The molecule has 1 rings (SSSR count). The second-order valence-electron chi connectivity index (χ2n) is 5.70. The lowest BCUT2D eigenvalue weighted by Crippen LogP contribution is -2.32. The van der Waals surface area contributed by atoms with Gasteiger partial charge in [0.2, 0.25) is 0 Å². The highest BCUT2D eigenvalue weighted by atomic mass is 35.5. The van der Waals surface area contributed by atoms with Gasteiger partial charge in [0.05, 0.1) is 18.4 Å². The minimum absolute atomic E-state index is 0.205. The fourth-order valence-electron chi connectivity index (χ4n) is 1.67. The first-order valence-electron chi connectivity index (χ1n) is 7.17. The molecule has 0 saturated carbocycles. The fraction of sp³-hybridized carbons (Fsp3) is 0.714. The molecule has 1 aromatic heterocycles. The number of halogens is 1. The standard InChI is InChI=1S/C14H26ClN5O/c1-11(2)19(5)7-6-16-12-10-17-20(9-8-18(3)4)14(21)13(12)15/h10-11,16H,6-9H2,1-5H3. The Morgan fingerprint density at radius 2 is 2.00 bits per heavy atom. The number of aromatic nitrogens is 2. The monoisotopic (exact) mass is 315 g/mol. The zero-order valence-electron chi connectivity index (χ0n) is 13.6. The van der Waals surface area contributed by atoms with Crippen molar-refractivity contribution in [3.63, 3.8) is 0 Å². The van der Waals surface area contributed by atoms with E-state index in [2.05, 4.69) is 36.2 Å². The topological polar surface area (TPSA) is 53.4 Å². The number of nitrogens with zero attached hydrogens (tertiary/aromatic N) is 4. The number of likely N-dealkylation sites (N-methyl/N-ethyl adjacent to an activating group) is 2. The summed E-state index contributed by atoms with van der Waals surface area (Å²) in [6.07, 6.45) is 1.62. The number of anilines is 1. The maximum atomic E-state index is 12.1. The first-order chi connectivity index (χ1) is 9.82. The number of hydrogen-bond acceptors (Lipinski definition) is 5. The van der Waals surface area contributed by atoms with Gasteiger partial charge in [-0.05, 0) is 35.0 Å². The maximum absolute atomic E-state index is 12.1. The molecule has 0 aliphatic carbocycles. The molecular formula is C14H26ClN5O. The van der Waals surface area contributed by atoms with Gasteiger partial charge in [0.25, 0.3) is 5.56 Å². The van der Waals surface area contributed by atoms with Crippen LogP contribution in [0.4, 0.5) is 5.69 Å². The second kappa shape index (κ2) is 8.36. The molecule has 1 heterocycles. The quantitative estimate of drug-likeness (QED) is 0.781. The van der Waals surface area contributed by atoms with E-state index >= 15 is 0 Å². The fourth-order valence-corrected chi connectivity index (χ4v) is 1.88. The molecule has 0 aliphatic rings. The van der Waals surface area contributed by atoms with Crippen LogP contribution in [-0.4, -0.2) is 66.4 Å². The molecule has 0 aliphatic heterocycles. The summed E-state index contributed by atoms with van der Waals surface area (Å²) in [6.45, 7) is 7.15. The summed E-state index contributed by atoms with van der Waals surface area (Å²) in [7, 11) is 5.97. The van der Waals surface area contributed by atoms with E-state index in [0.29, 0.717) is 18.3 Å². The zero-order valence-corrected chi connectivity index (χ0v) is 14.3. The SMILES string of the molecule is CC(C)N(C)CCNc1cnn(CCN(C)C)c(=O)c1Cl. The van der Waals surface area contributed by atoms with Crippen molar-refractivity contribution in [2.45, 2.75) is 26.4 Å². The molecule has 1 aromatic rings. The molecule has 0 radical (unpaired) electrons. The summed E-state index contributed by atoms with van der Waals surface area (Å²) < 4.78 is 1.40. The molecule has 1 N–H and O–H groups in total. The molecule has 0 fully saturated rings. The summed E-state index contributed by atoms with van der Waals surface area (Å²) in [5.41, 5.74) is 0.348. The number of hydrogen-bond donors (Lipinski definition) is 1. The van der Waals surface area contributed by atoms with Crippen LogP contribution < -0.4 is 10.9 Å². The van der Waals surface area contributed by atoms with Crippen LogP contribution in [0.3, 0.4) is 0 Å². The Labute approximate surface area is 131 Å². The lowest BCUT2D eigenvalue weighted by Gasteiger charge is -2.21. The van der Waals surface area contributed by atoms with Gasteiger partial charge in [0.1, 0.15) is 5.02 Å². The molecule has 120 valence electrons. The molecule has 0 aromatic carbocycles. The highest BCUT2D eigenvalue weighted by Gasteiger charge is 2.10. The van der Waals surface area contributed by atoms with Crippen LogP contribution in [0, 0.1) is 0 Å². The van der Waals surface area contributed by atoms with Crippen LogP contribution in [0.15, 0.2) is 11.0 Å². The van der Waals surface area contributed by atoms with Gasteiger partial charge in [-0.15, -0.1) is 0 Å². The minimum Gasteiger partial charge on any atom is -0.381 e. The smallest absolute Gasteiger partial charge is 0.287 e. The molecule has 0 bridgehead atoms. The molecule has 21 heavy (non-hydrogen) atoms. The molecule has 0 atom stereocenters. The third kappa shape index (κ3) is 5.65. The molecule has 0 spiro atoms. The van der Waals surface area contributed by atoms with Gasteiger partial charge in [-0.25, -0.2) is 4.68 Å². The van der Waals surface area contributed by atoms with Gasteiger partial charge in [0, 0.05) is 25.7 Å². The Morgan fingerprint density at radius 3 is 2.57 bits per heavy atom. The van der Waals surface area contributed by atoms with Crippen molar-refractivity contribution in [2.24, 2.45) is 0 Å². The molecule has 6 nitrogen and oxygen atoms in total. The lowest BCUT2D eigenvalue weighted by atomic mass is 10.3. The van der Waals surface area contributed by atoms with E-state index in [4.69, 9.17) is 11.6 Å².